The van der Waals surface area contributed by atoms with Gasteiger partial charge < -0.3 is 9.47 Å². The molecule has 2 aromatic carbocycles. The summed E-state index contributed by atoms with van der Waals surface area (Å²) in [6.07, 6.45) is 0.922. The fourth-order valence-electron chi connectivity index (χ4n) is 2.82. The van der Waals surface area contributed by atoms with Gasteiger partial charge in [0.05, 0.1) is 19.1 Å². The second-order valence-corrected chi connectivity index (χ2v) is 8.41. The fraction of sp³-hybridized carbons (Fsp3) is 0.400. The highest BCUT2D eigenvalue weighted by molar-refractivity contribution is 7.89. The third-order valence-electron chi connectivity index (χ3n) is 4.11. The lowest BCUT2D eigenvalue weighted by Gasteiger charge is -2.18. The number of hydrogen-bond donors (Lipinski definition) is 1. The van der Waals surface area contributed by atoms with Gasteiger partial charge in [-0.2, -0.15) is 0 Å². The number of benzene rings is 2. The van der Waals surface area contributed by atoms with Gasteiger partial charge in [0.2, 0.25) is 10.0 Å². The van der Waals surface area contributed by atoms with E-state index in [4.69, 9.17) is 9.47 Å². The molecular formula is C20H27NO4S. The van der Waals surface area contributed by atoms with Crippen molar-refractivity contribution in [2.75, 3.05) is 14.2 Å². The quantitative estimate of drug-likeness (QED) is 0.757. The zero-order valence-electron chi connectivity index (χ0n) is 15.9. The van der Waals surface area contributed by atoms with Gasteiger partial charge in [-0.25, -0.2) is 13.1 Å². The Kier molecular flexibility index (Phi) is 6.67. The van der Waals surface area contributed by atoms with Crippen molar-refractivity contribution in [2.45, 2.75) is 38.1 Å². The van der Waals surface area contributed by atoms with Crippen molar-refractivity contribution in [2.24, 2.45) is 5.92 Å². The molecule has 6 heteroatoms. The van der Waals surface area contributed by atoms with Crippen LogP contribution in [0.1, 0.15) is 37.9 Å². The molecule has 0 fully saturated rings. The molecule has 0 aliphatic heterocycles. The normalized spacial score (nSPS) is 12.8. The summed E-state index contributed by atoms with van der Waals surface area (Å²) in [7, 11) is -0.520. The summed E-state index contributed by atoms with van der Waals surface area (Å²) in [5.41, 5.74) is 1.84. The lowest BCUT2D eigenvalue weighted by Crippen LogP contribution is -2.27. The highest BCUT2D eigenvalue weighted by atomic mass is 32.2. The molecule has 0 radical (unpaired) electrons. The summed E-state index contributed by atoms with van der Waals surface area (Å²) >= 11 is 0. The predicted molar refractivity (Wildman–Crippen MR) is 103 cm³/mol. The fourth-order valence-corrected chi connectivity index (χ4v) is 4.04. The van der Waals surface area contributed by atoms with E-state index in [1.807, 2.05) is 12.1 Å². The average molecular weight is 378 g/mol. The molecule has 2 rings (SSSR count). The third-order valence-corrected chi connectivity index (χ3v) is 5.67. The van der Waals surface area contributed by atoms with Gasteiger partial charge >= 0.3 is 0 Å². The zero-order chi connectivity index (χ0) is 19.3. The molecule has 0 aliphatic carbocycles. The third kappa shape index (κ3) is 4.99. The van der Waals surface area contributed by atoms with Crippen molar-refractivity contribution in [1.82, 2.24) is 4.72 Å². The van der Waals surface area contributed by atoms with E-state index in [9.17, 15) is 8.42 Å². The first-order chi connectivity index (χ1) is 12.3. The Morgan fingerprint density at radius 2 is 1.62 bits per heavy atom. The first kappa shape index (κ1) is 20.3. The maximum absolute atomic E-state index is 12.7. The van der Waals surface area contributed by atoms with E-state index >= 15 is 0 Å². The molecule has 0 bridgehead atoms. The van der Waals surface area contributed by atoms with Crippen LogP contribution >= 0.6 is 0 Å². The van der Waals surface area contributed by atoms with Crippen molar-refractivity contribution in [1.29, 1.82) is 0 Å². The molecule has 0 spiro atoms. The maximum atomic E-state index is 12.7. The summed E-state index contributed by atoms with van der Waals surface area (Å²) in [6, 6.07) is 11.9. The van der Waals surface area contributed by atoms with Crippen LogP contribution in [0.5, 0.6) is 11.5 Å². The number of rotatable bonds is 8. The van der Waals surface area contributed by atoms with E-state index in [0.717, 1.165) is 12.0 Å². The van der Waals surface area contributed by atoms with Gasteiger partial charge in [0.15, 0.2) is 0 Å². The molecule has 0 aliphatic rings. The van der Waals surface area contributed by atoms with Crippen LogP contribution in [0.3, 0.4) is 0 Å². The van der Waals surface area contributed by atoms with Gasteiger partial charge in [-0.15, -0.1) is 0 Å². The van der Waals surface area contributed by atoms with E-state index in [1.165, 1.54) is 0 Å². The number of nitrogens with one attached hydrogen (secondary N) is 1. The van der Waals surface area contributed by atoms with E-state index in [2.05, 4.69) is 18.6 Å². The van der Waals surface area contributed by atoms with E-state index in [0.29, 0.717) is 23.0 Å². The highest BCUT2D eigenvalue weighted by Crippen LogP contribution is 2.30. The molecule has 0 saturated heterocycles. The Morgan fingerprint density at radius 3 is 2.15 bits per heavy atom. The molecule has 26 heavy (non-hydrogen) atoms. The molecule has 0 saturated carbocycles. The highest BCUT2D eigenvalue weighted by Gasteiger charge is 2.21. The summed E-state index contributed by atoms with van der Waals surface area (Å²) < 4.78 is 38.7. The Balaban J connectivity index is 2.23. The molecule has 142 valence electrons. The van der Waals surface area contributed by atoms with Gasteiger partial charge in [-0.1, -0.05) is 26.0 Å². The number of hydrogen-bond acceptors (Lipinski definition) is 4. The van der Waals surface area contributed by atoms with Crippen LogP contribution in [-0.4, -0.2) is 22.6 Å². The Labute approximate surface area is 156 Å². The Morgan fingerprint density at radius 1 is 0.962 bits per heavy atom. The van der Waals surface area contributed by atoms with Crippen LogP contribution in [0.15, 0.2) is 47.4 Å². The Bertz CT molecular complexity index is 829. The second kappa shape index (κ2) is 8.56. The number of methoxy groups -OCH3 is 2. The topological polar surface area (TPSA) is 64.6 Å². The molecule has 1 N–H and O–H groups in total. The maximum Gasteiger partial charge on any atom is 0.241 e. The summed E-state index contributed by atoms with van der Waals surface area (Å²) in [4.78, 5) is 0.249. The minimum Gasteiger partial charge on any atom is -0.497 e. The van der Waals surface area contributed by atoms with Crippen molar-refractivity contribution < 1.29 is 17.9 Å². The van der Waals surface area contributed by atoms with Crippen LogP contribution < -0.4 is 14.2 Å². The largest absolute Gasteiger partial charge is 0.497 e. The van der Waals surface area contributed by atoms with Gasteiger partial charge in [0.25, 0.3) is 0 Å². The standard InChI is InChI=1S/C20H27NO4S/c1-14(2)12-16-6-9-18(10-7-16)26(22,23)21-15(3)19-13-17(24-4)8-11-20(19)25-5/h6-11,13-15,21H,12H2,1-5H3. The molecule has 5 nitrogen and oxygen atoms in total. The number of ether oxygens (including phenoxy) is 2. The first-order valence-electron chi connectivity index (χ1n) is 8.60. The van der Waals surface area contributed by atoms with Crippen molar-refractivity contribution >= 4 is 10.0 Å². The zero-order valence-corrected chi connectivity index (χ0v) is 16.8. The summed E-state index contributed by atoms with van der Waals surface area (Å²) in [5, 5.41) is 0. The smallest absolute Gasteiger partial charge is 0.241 e. The van der Waals surface area contributed by atoms with Gasteiger partial charge in [0, 0.05) is 11.6 Å². The van der Waals surface area contributed by atoms with Gasteiger partial charge in [-0.05, 0) is 55.2 Å². The predicted octanol–water partition coefficient (Wildman–Crippen LogP) is 3.94. The Hall–Kier alpha value is -2.05. The SMILES string of the molecule is COc1ccc(OC)c(C(C)NS(=O)(=O)c2ccc(CC(C)C)cc2)c1. The molecule has 2 aromatic rings. The van der Waals surface area contributed by atoms with Crippen molar-refractivity contribution in [3.63, 3.8) is 0 Å². The molecule has 0 amide bonds. The van der Waals surface area contributed by atoms with Crippen LogP contribution in [0, 0.1) is 5.92 Å². The minimum absolute atomic E-state index is 0.249. The number of sulfonamides is 1. The van der Waals surface area contributed by atoms with Crippen LogP contribution in [0.2, 0.25) is 0 Å². The van der Waals surface area contributed by atoms with Crippen LogP contribution in [0.25, 0.3) is 0 Å². The summed E-state index contributed by atoms with van der Waals surface area (Å²) in [5.74, 6) is 1.77. The molecule has 1 atom stereocenters. The lowest BCUT2D eigenvalue weighted by atomic mass is 10.0. The molecule has 0 aromatic heterocycles. The van der Waals surface area contributed by atoms with Gasteiger partial charge in [0.1, 0.15) is 11.5 Å². The molecular weight excluding hydrogens is 350 g/mol. The average Bonchev–Trinajstić information content (AvgIpc) is 2.60. The summed E-state index contributed by atoms with van der Waals surface area (Å²) in [6.45, 7) is 6.05. The second-order valence-electron chi connectivity index (χ2n) is 6.69. The molecule has 0 heterocycles. The van der Waals surface area contributed by atoms with Gasteiger partial charge in [-0.3, -0.25) is 0 Å². The van der Waals surface area contributed by atoms with E-state index in [1.54, 1.807) is 51.5 Å². The van der Waals surface area contributed by atoms with Crippen molar-refractivity contribution in [3.8, 4) is 11.5 Å². The van der Waals surface area contributed by atoms with E-state index in [-0.39, 0.29) is 4.90 Å². The minimum atomic E-state index is -3.64. The van der Waals surface area contributed by atoms with Crippen LogP contribution in [-0.2, 0) is 16.4 Å². The monoisotopic (exact) mass is 377 g/mol. The first-order valence-corrected chi connectivity index (χ1v) is 10.1. The molecule has 1 unspecified atom stereocenters. The van der Waals surface area contributed by atoms with Crippen molar-refractivity contribution in [3.05, 3.63) is 53.6 Å². The lowest BCUT2D eigenvalue weighted by molar-refractivity contribution is 0.395. The van der Waals surface area contributed by atoms with E-state index < -0.39 is 16.1 Å². The van der Waals surface area contributed by atoms with Crippen LogP contribution in [0.4, 0.5) is 0 Å².